The van der Waals surface area contributed by atoms with Crippen molar-refractivity contribution in [1.82, 2.24) is 0 Å². The Morgan fingerprint density at radius 2 is 1.00 bits per heavy atom. The number of esters is 2. The summed E-state index contributed by atoms with van der Waals surface area (Å²) in [5, 5.41) is 19.3. The van der Waals surface area contributed by atoms with Crippen molar-refractivity contribution in [3.63, 3.8) is 0 Å². The Kier molecular flexibility index (Phi) is 36.7. The summed E-state index contributed by atoms with van der Waals surface area (Å²) in [6, 6.07) is 0. The van der Waals surface area contributed by atoms with Gasteiger partial charge in [0.25, 0.3) is 0 Å². The van der Waals surface area contributed by atoms with Gasteiger partial charge in [0.1, 0.15) is 12.7 Å². The first-order chi connectivity index (χ1) is 27.8. The summed E-state index contributed by atoms with van der Waals surface area (Å²) in [4.78, 5) is 52.6. The number of hydrogen-bond donors (Lipinski definition) is 5. The number of carbonyl (C=O) groups is 2. The molecule has 0 aromatic heterocycles. The van der Waals surface area contributed by atoms with E-state index >= 15 is 0 Å². The molecule has 0 aliphatic carbocycles. The number of aliphatic hydroxyl groups is 2. The smallest absolute Gasteiger partial charge is 0.462 e. The standard InChI is InChI=1S/C42H76O14P2/c1-3-5-6-7-8-9-10-13-17-20-23-26-29-32-41(45)52-36-40(37-55-58(50,51)54-35-39(44)34-53-57(47,48)49)56-42(46)33-30-27-24-21-18-15-12-11-14-16-19-22-25-28-31-38(43)4-2/h12,14-16,21-22,24-25,38-40,43-44H,3-11,13,17-20,23,26-37H2,1-2H3,(H,50,51)(H2,47,48,49)/b15-12-,16-14-,24-21-,25-22-/t38-,39+,40-/m1/s1. The summed E-state index contributed by atoms with van der Waals surface area (Å²) < 4.78 is 47.6. The fourth-order valence-corrected chi connectivity index (χ4v) is 6.59. The number of allylic oxidation sites excluding steroid dienone is 8. The molecule has 0 bridgehead atoms. The molecule has 5 N–H and O–H groups in total. The van der Waals surface area contributed by atoms with Gasteiger partial charge in [0.2, 0.25) is 0 Å². The minimum atomic E-state index is -4.87. The second-order valence-electron chi connectivity index (χ2n) is 14.4. The van der Waals surface area contributed by atoms with Gasteiger partial charge in [-0.1, -0.05) is 140 Å². The molecule has 0 aromatic carbocycles. The lowest BCUT2D eigenvalue weighted by Crippen LogP contribution is -2.29. The molecule has 0 saturated carbocycles. The zero-order valence-electron chi connectivity index (χ0n) is 35.2. The molecule has 0 aromatic rings. The first kappa shape index (κ1) is 56.0. The fourth-order valence-electron chi connectivity index (χ4n) is 5.44. The molecule has 0 aliphatic heterocycles. The quantitative estimate of drug-likeness (QED) is 0.0168. The normalized spacial score (nSPS) is 15.1. The van der Waals surface area contributed by atoms with E-state index in [2.05, 4.69) is 52.4 Å². The summed E-state index contributed by atoms with van der Waals surface area (Å²) in [7, 11) is -9.70. The third-order valence-electron chi connectivity index (χ3n) is 8.87. The van der Waals surface area contributed by atoms with Crippen molar-refractivity contribution in [3.05, 3.63) is 48.6 Å². The van der Waals surface area contributed by atoms with Crippen LogP contribution in [0.1, 0.15) is 162 Å². The van der Waals surface area contributed by atoms with Gasteiger partial charge in [-0.25, -0.2) is 9.13 Å². The minimum absolute atomic E-state index is 0.0427. The second kappa shape index (κ2) is 38.0. The molecular formula is C42H76O14P2. The molecule has 338 valence electrons. The van der Waals surface area contributed by atoms with E-state index < -0.39 is 66.2 Å². The second-order valence-corrected chi connectivity index (χ2v) is 17.1. The van der Waals surface area contributed by atoms with Crippen molar-refractivity contribution in [2.24, 2.45) is 0 Å². The minimum Gasteiger partial charge on any atom is -0.462 e. The molecule has 0 fully saturated rings. The largest absolute Gasteiger partial charge is 0.472 e. The van der Waals surface area contributed by atoms with E-state index in [1.54, 1.807) is 0 Å². The first-order valence-electron chi connectivity index (χ1n) is 21.4. The van der Waals surface area contributed by atoms with E-state index in [-0.39, 0.29) is 18.9 Å². The number of carbonyl (C=O) groups excluding carboxylic acids is 2. The predicted molar refractivity (Wildman–Crippen MR) is 227 cm³/mol. The zero-order valence-corrected chi connectivity index (χ0v) is 37.0. The molecular weight excluding hydrogens is 790 g/mol. The third kappa shape index (κ3) is 40.8. The molecule has 0 aliphatic rings. The maximum atomic E-state index is 12.6. The SMILES string of the molecule is CCCCCCCCCCCCCCCC(=O)OC[C@H](COP(=O)(O)OC[C@@H](O)COP(=O)(O)O)OC(=O)CCC/C=C\C/C=C\C/C=C\C/C=C\CC[C@H](O)CC. The van der Waals surface area contributed by atoms with Crippen molar-refractivity contribution >= 4 is 27.6 Å². The molecule has 1 unspecified atom stereocenters. The van der Waals surface area contributed by atoms with Gasteiger partial charge in [0.05, 0.1) is 25.9 Å². The molecule has 16 heteroatoms. The molecule has 14 nitrogen and oxygen atoms in total. The average Bonchev–Trinajstić information content (AvgIpc) is 3.18. The Hall–Kier alpha value is -1.96. The summed E-state index contributed by atoms with van der Waals surface area (Å²) in [5.41, 5.74) is 0. The molecule has 4 atom stereocenters. The summed E-state index contributed by atoms with van der Waals surface area (Å²) >= 11 is 0. The van der Waals surface area contributed by atoms with Crippen molar-refractivity contribution in [2.45, 2.75) is 180 Å². The van der Waals surface area contributed by atoms with E-state index in [1.807, 2.05) is 19.1 Å². The van der Waals surface area contributed by atoms with Gasteiger partial charge in [-0.05, 0) is 57.8 Å². The van der Waals surface area contributed by atoms with Crippen LogP contribution in [0.3, 0.4) is 0 Å². The van der Waals surface area contributed by atoms with Crippen molar-refractivity contribution < 1.29 is 66.7 Å². The third-order valence-corrected chi connectivity index (χ3v) is 10.3. The van der Waals surface area contributed by atoms with Crippen molar-refractivity contribution in [3.8, 4) is 0 Å². The van der Waals surface area contributed by atoms with Crippen LogP contribution in [-0.2, 0) is 41.8 Å². The Morgan fingerprint density at radius 1 is 0.534 bits per heavy atom. The highest BCUT2D eigenvalue weighted by atomic mass is 31.2. The fraction of sp³-hybridized carbons (Fsp3) is 0.762. The van der Waals surface area contributed by atoms with Crippen LogP contribution in [-0.4, -0.2) is 81.6 Å². The molecule has 0 heterocycles. The monoisotopic (exact) mass is 866 g/mol. The maximum absolute atomic E-state index is 12.6. The van der Waals surface area contributed by atoms with E-state index in [1.165, 1.54) is 57.8 Å². The highest BCUT2D eigenvalue weighted by Crippen LogP contribution is 2.43. The first-order valence-corrected chi connectivity index (χ1v) is 24.4. The van der Waals surface area contributed by atoms with Crippen LogP contribution in [0.4, 0.5) is 0 Å². The number of hydrogen-bond acceptors (Lipinski definition) is 11. The molecule has 0 amide bonds. The highest BCUT2D eigenvalue weighted by molar-refractivity contribution is 7.47. The van der Waals surface area contributed by atoms with Crippen LogP contribution in [0.15, 0.2) is 48.6 Å². The van der Waals surface area contributed by atoms with Crippen molar-refractivity contribution in [1.29, 1.82) is 0 Å². The Labute approximate surface area is 348 Å². The van der Waals surface area contributed by atoms with Gasteiger partial charge in [-0.15, -0.1) is 0 Å². The lowest BCUT2D eigenvalue weighted by molar-refractivity contribution is -0.161. The number of phosphoric acid groups is 2. The van der Waals surface area contributed by atoms with Crippen LogP contribution in [0.5, 0.6) is 0 Å². The highest BCUT2D eigenvalue weighted by Gasteiger charge is 2.28. The summed E-state index contributed by atoms with van der Waals surface area (Å²) in [6.45, 7) is 1.41. The maximum Gasteiger partial charge on any atom is 0.472 e. The zero-order chi connectivity index (χ0) is 43.2. The summed E-state index contributed by atoms with van der Waals surface area (Å²) in [5.74, 6) is -1.11. The average molecular weight is 867 g/mol. The Morgan fingerprint density at radius 3 is 1.53 bits per heavy atom. The van der Waals surface area contributed by atoms with Gasteiger partial charge in [-0.2, -0.15) is 0 Å². The number of unbranched alkanes of at least 4 members (excludes halogenated alkanes) is 13. The van der Waals surface area contributed by atoms with Gasteiger partial charge < -0.3 is 34.4 Å². The van der Waals surface area contributed by atoms with Crippen LogP contribution < -0.4 is 0 Å². The molecule has 0 radical (unpaired) electrons. The van der Waals surface area contributed by atoms with E-state index in [4.69, 9.17) is 23.8 Å². The predicted octanol–water partition coefficient (Wildman–Crippen LogP) is 9.64. The van der Waals surface area contributed by atoms with E-state index in [9.17, 15) is 33.8 Å². The number of ether oxygens (including phenoxy) is 2. The number of phosphoric ester groups is 2. The van der Waals surface area contributed by atoms with Gasteiger partial charge in [-0.3, -0.25) is 23.2 Å². The van der Waals surface area contributed by atoms with Gasteiger partial charge in [0, 0.05) is 12.8 Å². The molecule has 0 rings (SSSR count). The summed E-state index contributed by atoms with van der Waals surface area (Å²) in [6.07, 6.45) is 34.8. The lowest BCUT2D eigenvalue weighted by Gasteiger charge is -2.20. The Bertz CT molecular complexity index is 1230. The van der Waals surface area contributed by atoms with Crippen LogP contribution >= 0.6 is 15.6 Å². The Balaban J connectivity index is 4.63. The topological polar surface area (TPSA) is 216 Å². The van der Waals surface area contributed by atoms with Crippen molar-refractivity contribution in [2.75, 3.05) is 26.4 Å². The van der Waals surface area contributed by atoms with Crippen LogP contribution in [0.2, 0.25) is 0 Å². The molecule has 0 saturated heterocycles. The van der Waals surface area contributed by atoms with Gasteiger partial charge >= 0.3 is 27.6 Å². The van der Waals surface area contributed by atoms with E-state index in [0.717, 1.165) is 57.8 Å². The molecule has 58 heavy (non-hydrogen) atoms. The van der Waals surface area contributed by atoms with E-state index in [0.29, 0.717) is 19.3 Å². The van der Waals surface area contributed by atoms with Crippen LogP contribution in [0, 0.1) is 0 Å². The van der Waals surface area contributed by atoms with Crippen LogP contribution in [0.25, 0.3) is 0 Å². The number of aliphatic hydroxyl groups excluding tert-OH is 2. The molecule has 0 spiro atoms. The lowest BCUT2D eigenvalue weighted by atomic mass is 10.0. The van der Waals surface area contributed by atoms with Gasteiger partial charge in [0.15, 0.2) is 6.10 Å². The number of rotatable bonds is 40.